The molecule has 1 aliphatic heterocycles. The Labute approximate surface area is 243 Å². The maximum Gasteiger partial charge on any atom is 0.417 e. The van der Waals surface area contributed by atoms with E-state index in [0.717, 1.165) is 12.1 Å². The molecule has 0 spiro atoms. The first kappa shape index (κ1) is 30.8. The Morgan fingerprint density at radius 3 is 2.49 bits per heavy atom. The minimum Gasteiger partial charge on any atom is -0.444 e. The van der Waals surface area contributed by atoms with Crippen molar-refractivity contribution in [2.45, 2.75) is 49.6 Å². The molecule has 1 aromatic carbocycles. The van der Waals surface area contributed by atoms with Crippen LogP contribution in [0.1, 0.15) is 32.4 Å². The highest BCUT2D eigenvalue weighted by Crippen LogP contribution is 2.37. The molecule has 1 N–H and O–H groups in total. The van der Waals surface area contributed by atoms with E-state index in [1.54, 1.807) is 25.3 Å². The minimum absolute atomic E-state index is 0.0222. The van der Waals surface area contributed by atoms with Crippen molar-refractivity contribution in [3.8, 4) is 11.5 Å². The first-order chi connectivity index (χ1) is 19.0. The van der Waals surface area contributed by atoms with Gasteiger partial charge in [0.1, 0.15) is 17.6 Å². The van der Waals surface area contributed by atoms with E-state index < -0.39 is 55.5 Å². The number of methoxy groups -OCH3 is 1. The van der Waals surface area contributed by atoms with Crippen LogP contribution in [-0.4, -0.2) is 71.1 Å². The van der Waals surface area contributed by atoms with Gasteiger partial charge in [-0.05, 0) is 45.0 Å². The van der Waals surface area contributed by atoms with Gasteiger partial charge in [-0.1, -0.05) is 23.2 Å². The van der Waals surface area contributed by atoms with Gasteiger partial charge in [0, 0.05) is 19.9 Å². The molecule has 1 fully saturated rings. The van der Waals surface area contributed by atoms with E-state index in [-0.39, 0.29) is 35.3 Å². The van der Waals surface area contributed by atoms with Crippen LogP contribution in [0.4, 0.5) is 23.7 Å². The van der Waals surface area contributed by atoms with Crippen LogP contribution in [0, 0.1) is 0 Å². The number of ether oxygens (including phenoxy) is 2. The van der Waals surface area contributed by atoms with Gasteiger partial charge in [0.15, 0.2) is 5.82 Å². The van der Waals surface area contributed by atoms with Crippen molar-refractivity contribution in [2.24, 2.45) is 0 Å². The molecule has 2 atom stereocenters. The molecule has 0 bridgehead atoms. The third-order valence-corrected chi connectivity index (χ3v) is 7.89. The highest BCUT2D eigenvalue weighted by molar-refractivity contribution is 7.92. The molecule has 222 valence electrons. The van der Waals surface area contributed by atoms with Crippen molar-refractivity contribution in [3.63, 3.8) is 0 Å². The fourth-order valence-electron chi connectivity index (χ4n) is 4.17. The summed E-state index contributed by atoms with van der Waals surface area (Å²) < 4.78 is 81.4. The standard InChI is InChI=1S/C24H25Cl2F3N6O5S/c1-23(2,3)40-22(36)34-10-18(19(11-34)39-4)35-12-31-32-21(35)20-17(7-13(25)9-30-20)33-41(37,38)14-5-6-16(26)15(8-14)24(27,28)29/h5-9,12,18-19,33H,10-11H2,1-4H3. The zero-order valence-corrected chi connectivity index (χ0v) is 24.4. The molecule has 2 unspecified atom stereocenters. The Balaban J connectivity index is 1.70. The average Bonchev–Trinajstić information content (AvgIpc) is 3.49. The van der Waals surface area contributed by atoms with Gasteiger partial charge in [0.2, 0.25) is 0 Å². The minimum atomic E-state index is -4.88. The first-order valence-corrected chi connectivity index (χ1v) is 14.2. The van der Waals surface area contributed by atoms with Crippen molar-refractivity contribution in [2.75, 3.05) is 24.9 Å². The molecule has 0 radical (unpaired) electrons. The Kier molecular flexibility index (Phi) is 8.47. The predicted molar refractivity (Wildman–Crippen MR) is 143 cm³/mol. The number of pyridine rings is 1. The van der Waals surface area contributed by atoms with E-state index in [1.807, 2.05) is 0 Å². The van der Waals surface area contributed by atoms with Crippen LogP contribution in [0.3, 0.4) is 0 Å². The van der Waals surface area contributed by atoms with Gasteiger partial charge in [-0.15, -0.1) is 10.2 Å². The zero-order chi connectivity index (χ0) is 30.3. The molecule has 17 heteroatoms. The lowest BCUT2D eigenvalue weighted by Crippen LogP contribution is -2.36. The number of hydrogen-bond acceptors (Lipinski definition) is 8. The van der Waals surface area contributed by atoms with E-state index in [4.69, 9.17) is 32.7 Å². The number of hydrogen-bond donors (Lipinski definition) is 1. The number of amides is 1. The number of sulfonamides is 1. The Bertz CT molecular complexity index is 1560. The van der Waals surface area contributed by atoms with Crippen molar-refractivity contribution < 1.29 is 35.9 Å². The van der Waals surface area contributed by atoms with Crippen LogP contribution < -0.4 is 4.72 Å². The smallest absolute Gasteiger partial charge is 0.417 e. The quantitative estimate of drug-likeness (QED) is 0.387. The average molecular weight is 637 g/mol. The summed E-state index contributed by atoms with van der Waals surface area (Å²) >= 11 is 11.7. The van der Waals surface area contributed by atoms with Gasteiger partial charge in [-0.2, -0.15) is 13.2 Å². The van der Waals surface area contributed by atoms with E-state index in [1.165, 1.54) is 30.6 Å². The Morgan fingerprint density at radius 2 is 1.85 bits per heavy atom. The van der Waals surface area contributed by atoms with Crippen molar-refractivity contribution in [3.05, 3.63) is 52.4 Å². The number of nitrogens with zero attached hydrogens (tertiary/aromatic N) is 5. The Morgan fingerprint density at radius 1 is 1.15 bits per heavy atom. The molecule has 4 rings (SSSR count). The first-order valence-electron chi connectivity index (χ1n) is 12.0. The number of benzene rings is 1. The fourth-order valence-corrected chi connectivity index (χ4v) is 5.64. The highest BCUT2D eigenvalue weighted by Gasteiger charge is 2.40. The van der Waals surface area contributed by atoms with E-state index in [0.29, 0.717) is 6.07 Å². The predicted octanol–water partition coefficient (Wildman–Crippen LogP) is 5.27. The number of likely N-dealkylation sites (tertiary alicyclic amines) is 1. The number of nitrogens with one attached hydrogen (secondary N) is 1. The molecular weight excluding hydrogens is 612 g/mol. The lowest BCUT2D eigenvalue weighted by Gasteiger charge is -2.24. The second-order valence-electron chi connectivity index (χ2n) is 10.1. The summed E-state index contributed by atoms with van der Waals surface area (Å²) in [5.74, 6) is 0.0875. The molecule has 0 saturated carbocycles. The summed E-state index contributed by atoms with van der Waals surface area (Å²) in [7, 11) is -3.11. The molecule has 1 amide bonds. The lowest BCUT2D eigenvalue weighted by atomic mass is 10.2. The molecule has 3 heterocycles. The largest absolute Gasteiger partial charge is 0.444 e. The lowest BCUT2D eigenvalue weighted by molar-refractivity contribution is -0.137. The highest BCUT2D eigenvalue weighted by atomic mass is 35.5. The summed E-state index contributed by atoms with van der Waals surface area (Å²) in [5, 5.41) is 7.42. The van der Waals surface area contributed by atoms with Crippen LogP contribution in [0.2, 0.25) is 10.0 Å². The van der Waals surface area contributed by atoms with E-state index in [9.17, 15) is 26.4 Å². The third kappa shape index (κ3) is 6.85. The molecule has 11 nitrogen and oxygen atoms in total. The van der Waals surface area contributed by atoms with Gasteiger partial charge in [0.05, 0.1) is 44.9 Å². The number of halogens is 5. The number of anilines is 1. The Hall–Kier alpha value is -3.14. The number of carbonyl (C=O) groups excluding carboxylic acids is 1. The van der Waals surface area contributed by atoms with Crippen LogP contribution in [0.25, 0.3) is 11.5 Å². The molecule has 41 heavy (non-hydrogen) atoms. The summed E-state index contributed by atoms with van der Waals surface area (Å²) in [6.45, 7) is 5.57. The van der Waals surface area contributed by atoms with Gasteiger partial charge >= 0.3 is 12.3 Å². The molecule has 1 aliphatic rings. The van der Waals surface area contributed by atoms with Crippen LogP contribution in [0.15, 0.2) is 41.7 Å². The third-order valence-electron chi connectivity index (χ3n) is 5.99. The number of alkyl halides is 3. The van der Waals surface area contributed by atoms with E-state index >= 15 is 0 Å². The van der Waals surface area contributed by atoms with E-state index in [2.05, 4.69) is 19.9 Å². The maximum absolute atomic E-state index is 13.4. The monoisotopic (exact) mass is 636 g/mol. The molecule has 0 aliphatic carbocycles. The van der Waals surface area contributed by atoms with Crippen LogP contribution in [-0.2, 0) is 25.7 Å². The van der Waals surface area contributed by atoms with Gasteiger partial charge in [-0.25, -0.2) is 18.2 Å². The summed E-state index contributed by atoms with van der Waals surface area (Å²) in [5.41, 5.74) is -2.23. The summed E-state index contributed by atoms with van der Waals surface area (Å²) in [4.78, 5) is 17.7. The van der Waals surface area contributed by atoms with Crippen molar-refractivity contribution in [1.82, 2.24) is 24.6 Å². The van der Waals surface area contributed by atoms with Gasteiger partial charge < -0.3 is 18.9 Å². The van der Waals surface area contributed by atoms with Crippen LogP contribution in [0.5, 0.6) is 0 Å². The number of carbonyl (C=O) groups is 1. The van der Waals surface area contributed by atoms with Crippen molar-refractivity contribution >= 4 is 45.0 Å². The maximum atomic E-state index is 13.4. The normalized spacial score (nSPS) is 18.0. The van der Waals surface area contributed by atoms with Gasteiger partial charge in [-0.3, -0.25) is 4.72 Å². The fraction of sp³-hybridized carbons (Fsp3) is 0.417. The topological polar surface area (TPSA) is 129 Å². The second kappa shape index (κ2) is 11.3. The SMILES string of the molecule is COC1CN(C(=O)OC(C)(C)C)CC1n1cnnc1-c1ncc(Cl)cc1NS(=O)(=O)c1ccc(Cl)c(C(F)(F)F)c1. The van der Waals surface area contributed by atoms with Crippen LogP contribution >= 0.6 is 23.2 Å². The molecule has 2 aromatic heterocycles. The summed E-state index contributed by atoms with van der Waals surface area (Å²) in [6, 6.07) is 2.92. The molecule has 3 aromatic rings. The zero-order valence-electron chi connectivity index (χ0n) is 22.1. The molecular formula is C24H25Cl2F3N6O5S. The summed E-state index contributed by atoms with van der Waals surface area (Å²) in [6.07, 6.45) is -3.33. The second-order valence-corrected chi connectivity index (χ2v) is 12.6. The van der Waals surface area contributed by atoms with Gasteiger partial charge in [0.25, 0.3) is 10.0 Å². The number of aromatic nitrogens is 4. The molecule has 1 saturated heterocycles. The number of rotatable bonds is 6. The van der Waals surface area contributed by atoms with Crippen molar-refractivity contribution in [1.29, 1.82) is 0 Å².